The van der Waals surface area contributed by atoms with Crippen molar-refractivity contribution in [3.05, 3.63) is 35.6 Å². The first-order chi connectivity index (χ1) is 10.3. The Kier molecular flexibility index (Phi) is 5.06. The monoisotopic (exact) mass is 308 g/mol. The standard InChI is InChI=1S/C17H25FN2O2/c1-16(2,3)22-15(21)20-12-17(7-9-19-10-8-17)13-5-4-6-14(18)11-13/h4-6,11,19H,7-10,12H2,1-3H3,(H,20,21). The van der Waals surface area contributed by atoms with E-state index in [9.17, 15) is 9.18 Å². The number of ether oxygens (including phenoxy) is 1. The van der Waals surface area contributed by atoms with Crippen molar-refractivity contribution in [2.24, 2.45) is 0 Å². The number of benzene rings is 1. The van der Waals surface area contributed by atoms with Crippen LogP contribution in [0, 0.1) is 5.82 Å². The summed E-state index contributed by atoms with van der Waals surface area (Å²) in [5.74, 6) is -0.243. The van der Waals surface area contributed by atoms with Crippen molar-refractivity contribution >= 4 is 6.09 Å². The predicted molar refractivity (Wildman–Crippen MR) is 84.4 cm³/mol. The molecule has 0 saturated carbocycles. The Morgan fingerprint density at radius 2 is 2.05 bits per heavy atom. The molecule has 0 unspecified atom stereocenters. The Morgan fingerprint density at radius 1 is 1.36 bits per heavy atom. The van der Waals surface area contributed by atoms with Crippen molar-refractivity contribution in [1.82, 2.24) is 10.6 Å². The van der Waals surface area contributed by atoms with Crippen molar-refractivity contribution in [2.45, 2.75) is 44.6 Å². The summed E-state index contributed by atoms with van der Waals surface area (Å²) in [5, 5.41) is 6.17. The van der Waals surface area contributed by atoms with Crippen LogP contribution in [0.4, 0.5) is 9.18 Å². The topological polar surface area (TPSA) is 50.4 Å². The zero-order valence-corrected chi connectivity index (χ0v) is 13.5. The highest BCUT2D eigenvalue weighted by molar-refractivity contribution is 5.67. The number of hydrogen-bond acceptors (Lipinski definition) is 3. The van der Waals surface area contributed by atoms with Gasteiger partial charge >= 0.3 is 6.09 Å². The Morgan fingerprint density at radius 3 is 2.64 bits per heavy atom. The van der Waals surface area contributed by atoms with Crippen LogP contribution in [0.3, 0.4) is 0 Å². The molecule has 1 aromatic rings. The Balaban J connectivity index is 2.11. The molecule has 1 aliphatic heterocycles. The van der Waals surface area contributed by atoms with Crippen molar-refractivity contribution in [3.63, 3.8) is 0 Å². The van der Waals surface area contributed by atoms with Crippen LogP contribution in [0.1, 0.15) is 39.2 Å². The SMILES string of the molecule is CC(C)(C)OC(=O)NCC1(c2cccc(F)c2)CCNCC1. The molecule has 22 heavy (non-hydrogen) atoms. The predicted octanol–water partition coefficient (Wildman–Crippen LogP) is 2.97. The largest absolute Gasteiger partial charge is 0.444 e. The molecule has 1 fully saturated rings. The molecule has 1 heterocycles. The van der Waals surface area contributed by atoms with Gasteiger partial charge in [0.2, 0.25) is 0 Å². The summed E-state index contributed by atoms with van der Waals surface area (Å²) >= 11 is 0. The molecule has 2 rings (SSSR count). The second kappa shape index (κ2) is 6.65. The number of hydrogen-bond donors (Lipinski definition) is 2. The van der Waals surface area contributed by atoms with E-state index in [1.807, 2.05) is 26.8 Å². The number of piperidine rings is 1. The molecule has 4 nitrogen and oxygen atoms in total. The summed E-state index contributed by atoms with van der Waals surface area (Å²) in [6.45, 7) is 7.66. The van der Waals surface area contributed by atoms with E-state index in [4.69, 9.17) is 4.74 Å². The molecule has 2 N–H and O–H groups in total. The van der Waals surface area contributed by atoms with Gasteiger partial charge in [0.25, 0.3) is 0 Å². The van der Waals surface area contributed by atoms with Crippen molar-refractivity contribution in [1.29, 1.82) is 0 Å². The highest BCUT2D eigenvalue weighted by Gasteiger charge is 2.35. The molecule has 5 heteroatoms. The lowest BCUT2D eigenvalue weighted by Crippen LogP contribution is -2.48. The van der Waals surface area contributed by atoms with E-state index in [0.29, 0.717) is 6.54 Å². The third-order valence-corrected chi connectivity index (χ3v) is 3.97. The van der Waals surface area contributed by atoms with Gasteiger partial charge in [-0.3, -0.25) is 0 Å². The van der Waals surface area contributed by atoms with E-state index in [0.717, 1.165) is 31.5 Å². The minimum absolute atomic E-state index is 0.243. The smallest absolute Gasteiger partial charge is 0.407 e. The van der Waals surface area contributed by atoms with Crippen molar-refractivity contribution in [3.8, 4) is 0 Å². The van der Waals surface area contributed by atoms with Crippen LogP contribution in [0.5, 0.6) is 0 Å². The van der Waals surface area contributed by atoms with Crippen LogP contribution in [0.15, 0.2) is 24.3 Å². The maximum atomic E-state index is 13.6. The molecule has 0 spiro atoms. The van der Waals surface area contributed by atoms with Gasteiger partial charge < -0.3 is 15.4 Å². The number of amides is 1. The van der Waals surface area contributed by atoms with Crippen LogP contribution in [-0.4, -0.2) is 31.3 Å². The minimum atomic E-state index is -0.524. The summed E-state index contributed by atoms with van der Waals surface area (Å²) in [4.78, 5) is 11.9. The Bertz CT molecular complexity index is 520. The summed E-state index contributed by atoms with van der Waals surface area (Å²) in [6.07, 6.45) is 1.28. The second-order valence-electron chi connectivity index (χ2n) is 6.90. The molecule has 122 valence electrons. The maximum Gasteiger partial charge on any atom is 0.407 e. The second-order valence-corrected chi connectivity index (χ2v) is 6.90. The van der Waals surface area contributed by atoms with Gasteiger partial charge in [-0.05, 0) is 64.4 Å². The molecule has 1 aromatic carbocycles. The summed E-state index contributed by atoms with van der Waals surface area (Å²) in [6, 6.07) is 6.68. The van der Waals surface area contributed by atoms with Gasteiger partial charge in [-0.25, -0.2) is 9.18 Å². The van der Waals surface area contributed by atoms with Crippen LogP contribution in [-0.2, 0) is 10.2 Å². The third-order valence-electron chi connectivity index (χ3n) is 3.97. The molecule has 1 aliphatic rings. The quantitative estimate of drug-likeness (QED) is 0.902. The molecular formula is C17H25FN2O2. The highest BCUT2D eigenvalue weighted by atomic mass is 19.1. The summed E-state index contributed by atoms with van der Waals surface area (Å²) in [7, 11) is 0. The first-order valence-corrected chi connectivity index (χ1v) is 7.74. The molecule has 0 atom stereocenters. The molecule has 0 aromatic heterocycles. The van der Waals surface area contributed by atoms with E-state index in [-0.39, 0.29) is 11.2 Å². The Hall–Kier alpha value is -1.62. The molecule has 1 amide bonds. The van der Waals surface area contributed by atoms with E-state index in [1.54, 1.807) is 12.1 Å². The van der Waals surface area contributed by atoms with Crippen molar-refractivity contribution < 1.29 is 13.9 Å². The van der Waals surface area contributed by atoms with Gasteiger partial charge in [-0.1, -0.05) is 12.1 Å². The number of carbonyl (C=O) groups is 1. The Labute approximate surface area is 131 Å². The minimum Gasteiger partial charge on any atom is -0.444 e. The summed E-state index contributed by atoms with van der Waals surface area (Å²) in [5.41, 5.74) is 0.166. The fourth-order valence-electron chi connectivity index (χ4n) is 2.85. The van der Waals surface area contributed by atoms with E-state index in [1.165, 1.54) is 6.07 Å². The van der Waals surface area contributed by atoms with Crippen LogP contribution < -0.4 is 10.6 Å². The van der Waals surface area contributed by atoms with E-state index < -0.39 is 11.7 Å². The number of carbonyl (C=O) groups excluding carboxylic acids is 1. The molecular weight excluding hydrogens is 283 g/mol. The average Bonchev–Trinajstić information content (AvgIpc) is 2.44. The van der Waals surface area contributed by atoms with Crippen molar-refractivity contribution in [2.75, 3.05) is 19.6 Å². The number of halogens is 1. The van der Waals surface area contributed by atoms with Crippen LogP contribution in [0.25, 0.3) is 0 Å². The molecule has 0 radical (unpaired) electrons. The van der Waals surface area contributed by atoms with Crippen LogP contribution in [0.2, 0.25) is 0 Å². The van der Waals surface area contributed by atoms with E-state index in [2.05, 4.69) is 10.6 Å². The van der Waals surface area contributed by atoms with Gasteiger partial charge in [0.15, 0.2) is 0 Å². The lowest BCUT2D eigenvalue weighted by Gasteiger charge is -2.38. The maximum absolute atomic E-state index is 13.6. The van der Waals surface area contributed by atoms with E-state index >= 15 is 0 Å². The zero-order valence-electron chi connectivity index (χ0n) is 13.5. The summed E-state index contributed by atoms with van der Waals surface area (Å²) < 4.78 is 18.9. The first-order valence-electron chi connectivity index (χ1n) is 7.74. The van der Waals surface area contributed by atoms with Gasteiger partial charge in [-0.2, -0.15) is 0 Å². The first kappa shape index (κ1) is 16.7. The third kappa shape index (κ3) is 4.44. The molecule has 0 aliphatic carbocycles. The lowest BCUT2D eigenvalue weighted by molar-refractivity contribution is 0.0509. The normalized spacial score (nSPS) is 17.8. The zero-order chi connectivity index (χ0) is 16.2. The van der Waals surface area contributed by atoms with Gasteiger partial charge in [0.1, 0.15) is 11.4 Å². The lowest BCUT2D eigenvalue weighted by atomic mass is 9.73. The molecule has 0 bridgehead atoms. The fourth-order valence-corrected chi connectivity index (χ4v) is 2.85. The number of alkyl carbamates (subject to hydrolysis) is 1. The van der Waals surface area contributed by atoms with Gasteiger partial charge in [-0.15, -0.1) is 0 Å². The van der Waals surface area contributed by atoms with Gasteiger partial charge in [0.05, 0.1) is 0 Å². The number of rotatable bonds is 3. The molecule has 1 saturated heterocycles. The van der Waals surface area contributed by atoms with Crippen LogP contribution >= 0.6 is 0 Å². The highest BCUT2D eigenvalue weighted by Crippen LogP contribution is 2.33. The fraction of sp³-hybridized carbons (Fsp3) is 0.588. The average molecular weight is 308 g/mol. The van der Waals surface area contributed by atoms with Gasteiger partial charge in [0, 0.05) is 12.0 Å². The number of nitrogens with one attached hydrogen (secondary N) is 2.